The molecule has 58 valence electrons. The molecule has 0 fully saturated rings. The van der Waals surface area contributed by atoms with Crippen molar-refractivity contribution < 1.29 is 4.79 Å². The van der Waals surface area contributed by atoms with Crippen LogP contribution in [0.5, 0.6) is 0 Å². The highest BCUT2D eigenvalue weighted by molar-refractivity contribution is 5.93. The van der Waals surface area contributed by atoms with Crippen molar-refractivity contribution in [3.05, 3.63) is 17.5 Å². The number of hydrogen-bond donors (Lipinski definition) is 2. The highest BCUT2D eigenvalue weighted by atomic mass is 16.1. The van der Waals surface area contributed by atoms with E-state index in [0.717, 1.165) is 24.9 Å². The van der Waals surface area contributed by atoms with Crippen molar-refractivity contribution >= 4 is 5.91 Å². The molecule has 2 heterocycles. The fourth-order valence-electron chi connectivity index (χ4n) is 1.27. The Kier molecular flexibility index (Phi) is 1.38. The van der Waals surface area contributed by atoms with Crippen LogP contribution in [0.3, 0.4) is 0 Å². The van der Waals surface area contributed by atoms with E-state index in [1.807, 2.05) is 0 Å². The Morgan fingerprint density at radius 1 is 1.55 bits per heavy atom. The monoisotopic (exact) mass is 151 g/mol. The zero-order valence-electron chi connectivity index (χ0n) is 6.05. The summed E-state index contributed by atoms with van der Waals surface area (Å²) in [5.74, 6) is -0.0324. The molecule has 11 heavy (non-hydrogen) atoms. The van der Waals surface area contributed by atoms with Crippen LogP contribution in [0.2, 0.25) is 0 Å². The van der Waals surface area contributed by atoms with Crippen molar-refractivity contribution in [2.24, 2.45) is 0 Å². The van der Waals surface area contributed by atoms with Crippen molar-refractivity contribution in [3.63, 3.8) is 0 Å². The van der Waals surface area contributed by atoms with Gasteiger partial charge in [-0.25, -0.2) is 0 Å². The third-order valence-electron chi connectivity index (χ3n) is 1.85. The van der Waals surface area contributed by atoms with Gasteiger partial charge >= 0.3 is 0 Å². The van der Waals surface area contributed by atoms with Crippen LogP contribution in [0, 0.1) is 0 Å². The number of hydrogen-bond acceptors (Lipinski definition) is 2. The van der Waals surface area contributed by atoms with Gasteiger partial charge in [-0.2, -0.15) is 5.10 Å². The normalized spacial score (nSPS) is 16.9. The Morgan fingerprint density at radius 3 is 3.36 bits per heavy atom. The second kappa shape index (κ2) is 2.38. The van der Waals surface area contributed by atoms with E-state index in [0.29, 0.717) is 5.69 Å². The van der Waals surface area contributed by atoms with Crippen LogP contribution in [0.4, 0.5) is 0 Å². The molecule has 0 atom stereocenters. The number of nitrogens with zero attached hydrogens (tertiary/aromatic N) is 1. The van der Waals surface area contributed by atoms with Gasteiger partial charge < -0.3 is 5.32 Å². The summed E-state index contributed by atoms with van der Waals surface area (Å²) in [6, 6.07) is 0. The number of H-pyrrole nitrogens is 1. The molecule has 0 bridgehead atoms. The van der Waals surface area contributed by atoms with Gasteiger partial charge in [0.25, 0.3) is 5.91 Å². The van der Waals surface area contributed by atoms with Crippen LogP contribution in [-0.4, -0.2) is 22.6 Å². The molecule has 0 aliphatic carbocycles. The SMILES string of the molecule is O=C1NCCCc2cn[nH]c21. The smallest absolute Gasteiger partial charge is 0.269 e. The maximum absolute atomic E-state index is 11.2. The first kappa shape index (κ1) is 6.39. The molecular formula is C7H9N3O. The van der Waals surface area contributed by atoms with E-state index in [-0.39, 0.29) is 5.91 Å². The zero-order valence-corrected chi connectivity index (χ0v) is 6.05. The van der Waals surface area contributed by atoms with Crippen LogP contribution in [0.25, 0.3) is 0 Å². The number of fused-ring (bicyclic) bond motifs is 1. The molecule has 1 aromatic heterocycles. The first-order valence-electron chi connectivity index (χ1n) is 3.68. The van der Waals surface area contributed by atoms with Gasteiger partial charge in [-0.1, -0.05) is 0 Å². The summed E-state index contributed by atoms with van der Waals surface area (Å²) in [4.78, 5) is 11.2. The Hall–Kier alpha value is -1.32. The molecule has 2 rings (SSSR count). The van der Waals surface area contributed by atoms with Crippen LogP contribution < -0.4 is 5.32 Å². The lowest BCUT2D eigenvalue weighted by Crippen LogP contribution is -2.23. The lowest BCUT2D eigenvalue weighted by atomic mass is 10.1. The van der Waals surface area contributed by atoms with Crippen molar-refractivity contribution in [2.75, 3.05) is 6.54 Å². The molecule has 0 radical (unpaired) electrons. The summed E-state index contributed by atoms with van der Waals surface area (Å²) in [5, 5.41) is 9.27. The van der Waals surface area contributed by atoms with Gasteiger partial charge in [0, 0.05) is 12.1 Å². The van der Waals surface area contributed by atoms with Gasteiger partial charge in [-0.05, 0) is 12.8 Å². The van der Waals surface area contributed by atoms with Gasteiger partial charge in [0.05, 0.1) is 6.20 Å². The molecule has 4 nitrogen and oxygen atoms in total. The number of amides is 1. The number of aromatic amines is 1. The van der Waals surface area contributed by atoms with E-state index in [9.17, 15) is 4.79 Å². The van der Waals surface area contributed by atoms with Crippen LogP contribution in [0.1, 0.15) is 22.5 Å². The van der Waals surface area contributed by atoms with Gasteiger partial charge in [0.2, 0.25) is 0 Å². The fourth-order valence-corrected chi connectivity index (χ4v) is 1.27. The molecule has 1 aliphatic heterocycles. The third kappa shape index (κ3) is 1.00. The summed E-state index contributed by atoms with van der Waals surface area (Å²) >= 11 is 0. The molecular weight excluding hydrogens is 142 g/mol. The minimum atomic E-state index is -0.0324. The quantitative estimate of drug-likeness (QED) is 0.552. The molecule has 0 saturated heterocycles. The minimum absolute atomic E-state index is 0.0324. The molecule has 0 unspecified atom stereocenters. The summed E-state index contributed by atoms with van der Waals surface area (Å²) in [7, 11) is 0. The van der Waals surface area contributed by atoms with Crippen molar-refractivity contribution in [1.29, 1.82) is 0 Å². The predicted molar refractivity (Wildman–Crippen MR) is 39.2 cm³/mol. The summed E-state index contributed by atoms with van der Waals surface area (Å²) < 4.78 is 0. The Balaban J connectivity index is 2.41. The maximum atomic E-state index is 11.2. The largest absolute Gasteiger partial charge is 0.351 e. The van der Waals surface area contributed by atoms with Crippen molar-refractivity contribution in [3.8, 4) is 0 Å². The molecule has 0 saturated carbocycles. The van der Waals surface area contributed by atoms with Gasteiger partial charge in [-0.3, -0.25) is 9.89 Å². The Labute approximate surface area is 64.0 Å². The molecule has 4 heteroatoms. The Bertz CT molecular complexity index is 279. The molecule has 2 N–H and O–H groups in total. The van der Waals surface area contributed by atoms with E-state index in [1.54, 1.807) is 6.20 Å². The highest BCUT2D eigenvalue weighted by Crippen LogP contribution is 2.09. The topological polar surface area (TPSA) is 57.8 Å². The van der Waals surface area contributed by atoms with Crippen molar-refractivity contribution in [1.82, 2.24) is 15.5 Å². The molecule has 0 aromatic carbocycles. The number of aromatic nitrogens is 2. The number of nitrogens with one attached hydrogen (secondary N) is 2. The number of rotatable bonds is 0. The van der Waals surface area contributed by atoms with E-state index in [2.05, 4.69) is 15.5 Å². The third-order valence-corrected chi connectivity index (χ3v) is 1.85. The maximum Gasteiger partial charge on any atom is 0.269 e. The lowest BCUT2D eigenvalue weighted by Gasteiger charge is -1.95. The standard InChI is InChI=1S/C7H9N3O/c11-7-6-5(4-9-10-6)2-1-3-8-7/h4H,1-3H2,(H,8,11)(H,9,10). The fraction of sp³-hybridized carbons (Fsp3) is 0.429. The highest BCUT2D eigenvalue weighted by Gasteiger charge is 2.15. The average Bonchev–Trinajstić information content (AvgIpc) is 2.40. The summed E-state index contributed by atoms with van der Waals surface area (Å²) in [6.45, 7) is 0.765. The molecule has 1 aromatic rings. The van der Waals surface area contributed by atoms with E-state index < -0.39 is 0 Å². The zero-order chi connectivity index (χ0) is 7.68. The van der Waals surface area contributed by atoms with Crippen LogP contribution in [-0.2, 0) is 6.42 Å². The Morgan fingerprint density at radius 2 is 2.45 bits per heavy atom. The van der Waals surface area contributed by atoms with E-state index >= 15 is 0 Å². The van der Waals surface area contributed by atoms with Crippen molar-refractivity contribution in [2.45, 2.75) is 12.8 Å². The molecule has 0 spiro atoms. The number of aryl methyl sites for hydroxylation is 1. The second-order valence-corrected chi connectivity index (χ2v) is 2.63. The van der Waals surface area contributed by atoms with Crippen LogP contribution >= 0.6 is 0 Å². The first-order valence-corrected chi connectivity index (χ1v) is 3.68. The minimum Gasteiger partial charge on any atom is -0.351 e. The summed E-state index contributed by atoms with van der Waals surface area (Å²) in [5.41, 5.74) is 1.66. The van der Waals surface area contributed by atoms with Gasteiger partial charge in [0.15, 0.2) is 0 Å². The molecule has 1 aliphatic rings. The van der Waals surface area contributed by atoms with E-state index in [1.165, 1.54) is 0 Å². The van der Waals surface area contributed by atoms with Crippen LogP contribution in [0.15, 0.2) is 6.20 Å². The molecule has 1 amide bonds. The number of carbonyl (C=O) groups excluding carboxylic acids is 1. The average molecular weight is 151 g/mol. The second-order valence-electron chi connectivity index (χ2n) is 2.63. The van der Waals surface area contributed by atoms with E-state index in [4.69, 9.17) is 0 Å². The first-order chi connectivity index (χ1) is 5.38. The lowest BCUT2D eigenvalue weighted by molar-refractivity contribution is 0.0951. The number of carbonyl (C=O) groups is 1. The van der Waals surface area contributed by atoms with Gasteiger partial charge in [-0.15, -0.1) is 0 Å². The predicted octanol–water partition coefficient (Wildman–Crippen LogP) is 0.0857. The van der Waals surface area contributed by atoms with Gasteiger partial charge in [0.1, 0.15) is 5.69 Å². The summed E-state index contributed by atoms with van der Waals surface area (Å²) in [6.07, 6.45) is 3.66.